The van der Waals surface area contributed by atoms with Gasteiger partial charge in [0.15, 0.2) is 0 Å². The number of hydrogen-bond donors (Lipinski definition) is 1. The minimum atomic E-state index is 1.07. The lowest BCUT2D eigenvalue weighted by Gasteiger charge is -2.13. The third kappa shape index (κ3) is 5.57. The molecular formula is C14H24N2S. The molecule has 0 saturated carbocycles. The number of thiol groups is 1. The molecule has 17 heavy (non-hydrogen) atoms. The Balaban J connectivity index is 2.65. The van der Waals surface area contributed by atoms with Crippen LogP contribution in [0.15, 0.2) is 23.1 Å². The SMILES string of the molecule is CN(C)CCc1ccc(S)c(CCN(C)C)c1. The Labute approximate surface area is 111 Å². The lowest BCUT2D eigenvalue weighted by atomic mass is 10.1. The van der Waals surface area contributed by atoms with Gasteiger partial charge in [-0.3, -0.25) is 0 Å². The molecule has 96 valence electrons. The summed E-state index contributed by atoms with van der Waals surface area (Å²) in [5.74, 6) is 0. The Kier molecular flexibility index (Phi) is 6.03. The quantitative estimate of drug-likeness (QED) is 0.775. The third-order valence-corrected chi connectivity index (χ3v) is 3.26. The number of nitrogens with zero attached hydrogens (tertiary/aromatic N) is 2. The molecule has 0 aliphatic rings. The molecule has 0 aromatic heterocycles. The summed E-state index contributed by atoms with van der Waals surface area (Å²) in [7, 11) is 8.43. The van der Waals surface area contributed by atoms with Gasteiger partial charge in [0.25, 0.3) is 0 Å². The van der Waals surface area contributed by atoms with E-state index in [1.165, 1.54) is 11.1 Å². The van der Waals surface area contributed by atoms with E-state index < -0.39 is 0 Å². The maximum Gasteiger partial charge on any atom is 0.00727 e. The average Bonchev–Trinajstić information content (AvgIpc) is 2.26. The molecule has 0 N–H and O–H groups in total. The van der Waals surface area contributed by atoms with Crippen LogP contribution in [0.2, 0.25) is 0 Å². The van der Waals surface area contributed by atoms with Gasteiger partial charge < -0.3 is 9.80 Å². The fourth-order valence-electron chi connectivity index (χ4n) is 1.69. The summed E-state index contributed by atoms with van der Waals surface area (Å²) in [4.78, 5) is 5.54. The number of benzene rings is 1. The van der Waals surface area contributed by atoms with Crippen molar-refractivity contribution in [3.05, 3.63) is 29.3 Å². The first kappa shape index (κ1) is 14.6. The highest BCUT2D eigenvalue weighted by molar-refractivity contribution is 7.80. The molecule has 0 atom stereocenters. The van der Waals surface area contributed by atoms with Crippen molar-refractivity contribution < 1.29 is 0 Å². The van der Waals surface area contributed by atoms with Crippen LogP contribution in [0.5, 0.6) is 0 Å². The van der Waals surface area contributed by atoms with Crippen LogP contribution >= 0.6 is 12.6 Å². The van der Waals surface area contributed by atoms with Crippen LogP contribution < -0.4 is 0 Å². The van der Waals surface area contributed by atoms with Crippen LogP contribution in [0.1, 0.15) is 11.1 Å². The maximum absolute atomic E-state index is 4.53. The van der Waals surface area contributed by atoms with E-state index in [9.17, 15) is 0 Å². The summed E-state index contributed by atoms with van der Waals surface area (Å²) in [5.41, 5.74) is 2.77. The summed E-state index contributed by atoms with van der Waals surface area (Å²) in [5, 5.41) is 0. The highest BCUT2D eigenvalue weighted by Crippen LogP contribution is 2.17. The largest absolute Gasteiger partial charge is 0.309 e. The molecule has 0 unspecified atom stereocenters. The van der Waals surface area contributed by atoms with Crippen LogP contribution in [0, 0.1) is 0 Å². The van der Waals surface area contributed by atoms with E-state index >= 15 is 0 Å². The minimum absolute atomic E-state index is 1.07. The van der Waals surface area contributed by atoms with E-state index in [-0.39, 0.29) is 0 Å². The Morgan fingerprint density at radius 3 is 2.12 bits per heavy atom. The first-order valence-corrected chi connectivity index (χ1v) is 6.54. The molecule has 0 radical (unpaired) electrons. The molecule has 1 aromatic rings. The van der Waals surface area contributed by atoms with Crippen LogP contribution in [-0.2, 0) is 12.8 Å². The second kappa shape index (κ2) is 7.04. The average molecular weight is 252 g/mol. The van der Waals surface area contributed by atoms with E-state index in [1.54, 1.807) is 0 Å². The van der Waals surface area contributed by atoms with Gasteiger partial charge in [0.2, 0.25) is 0 Å². The Morgan fingerprint density at radius 1 is 0.941 bits per heavy atom. The van der Waals surface area contributed by atoms with E-state index in [2.05, 4.69) is 68.8 Å². The number of hydrogen-bond acceptors (Lipinski definition) is 3. The van der Waals surface area contributed by atoms with Gasteiger partial charge in [-0.25, -0.2) is 0 Å². The molecule has 0 bridgehead atoms. The van der Waals surface area contributed by atoms with Crippen molar-refractivity contribution in [2.24, 2.45) is 0 Å². The zero-order valence-corrected chi connectivity index (χ0v) is 12.3. The Bertz CT molecular complexity index is 348. The monoisotopic (exact) mass is 252 g/mol. The van der Waals surface area contributed by atoms with Crippen LogP contribution in [-0.4, -0.2) is 51.1 Å². The van der Waals surface area contributed by atoms with E-state index in [4.69, 9.17) is 0 Å². The van der Waals surface area contributed by atoms with Gasteiger partial charge in [-0.2, -0.15) is 0 Å². The molecule has 2 nitrogen and oxygen atoms in total. The second-order valence-corrected chi connectivity index (χ2v) is 5.55. The van der Waals surface area contributed by atoms with E-state index in [0.29, 0.717) is 0 Å². The molecular weight excluding hydrogens is 228 g/mol. The summed E-state index contributed by atoms with van der Waals surface area (Å²) in [6.45, 7) is 2.17. The first-order chi connectivity index (χ1) is 7.99. The van der Waals surface area contributed by atoms with Crippen LogP contribution in [0.25, 0.3) is 0 Å². The lowest BCUT2D eigenvalue weighted by molar-refractivity contribution is 0.410. The predicted molar refractivity (Wildman–Crippen MR) is 78.2 cm³/mol. The topological polar surface area (TPSA) is 6.48 Å². The summed E-state index contributed by atoms with van der Waals surface area (Å²) < 4.78 is 0. The van der Waals surface area contributed by atoms with Crippen molar-refractivity contribution in [3.8, 4) is 0 Å². The van der Waals surface area contributed by atoms with Gasteiger partial charge in [0.05, 0.1) is 0 Å². The van der Waals surface area contributed by atoms with Crippen LogP contribution in [0.4, 0.5) is 0 Å². The molecule has 3 heteroatoms. The molecule has 0 heterocycles. The van der Waals surface area contributed by atoms with Crippen molar-refractivity contribution >= 4 is 12.6 Å². The molecule has 0 saturated heterocycles. The standard InChI is InChI=1S/C14H24N2S/c1-15(2)9-7-12-5-6-14(17)13(11-12)8-10-16(3)4/h5-6,11,17H,7-10H2,1-4H3. The maximum atomic E-state index is 4.53. The van der Waals surface area contributed by atoms with Crippen molar-refractivity contribution in [1.82, 2.24) is 9.80 Å². The Hall–Kier alpha value is -0.510. The normalized spacial score (nSPS) is 11.5. The molecule has 0 spiro atoms. The summed E-state index contributed by atoms with van der Waals surface area (Å²) >= 11 is 4.53. The number of rotatable bonds is 6. The van der Waals surface area contributed by atoms with E-state index in [0.717, 1.165) is 30.8 Å². The van der Waals surface area contributed by atoms with Gasteiger partial charge in [0, 0.05) is 18.0 Å². The highest BCUT2D eigenvalue weighted by Gasteiger charge is 2.03. The summed E-state index contributed by atoms with van der Waals surface area (Å²) in [6, 6.07) is 6.61. The molecule has 0 fully saturated rings. The zero-order valence-electron chi connectivity index (χ0n) is 11.4. The van der Waals surface area contributed by atoms with Crippen molar-refractivity contribution in [2.45, 2.75) is 17.7 Å². The Morgan fingerprint density at radius 2 is 1.53 bits per heavy atom. The number of likely N-dealkylation sites (N-methyl/N-ethyl adjacent to an activating group) is 2. The van der Waals surface area contributed by atoms with Crippen molar-refractivity contribution in [1.29, 1.82) is 0 Å². The fraction of sp³-hybridized carbons (Fsp3) is 0.571. The lowest BCUT2D eigenvalue weighted by Crippen LogP contribution is -2.16. The van der Waals surface area contributed by atoms with Gasteiger partial charge in [0.1, 0.15) is 0 Å². The first-order valence-electron chi connectivity index (χ1n) is 6.09. The molecule has 0 aliphatic heterocycles. The fourth-order valence-corrected chi connectivity index (χ4v) is 1.94. The molecule has 0 amide bonds. The smallest absolute Gasteiger partial charge is 0.00727 e. The third-order valence-electron chi connectivity index (χ3n) is 2.82. The van der Waals surface area contributed by atoms with Gasteiger partial charge in [-0.15, -0.1) is 12.6 Å². The summed E-state index contributed by atoms with van der Waals surface area (Å²) in [6.07, 6.45) is 2.18. The molecule has 1 aromatic carbocycles. The zero-order chi connectivity index (χ0) is 12.8. The van der Waals surface area contributed by atoms with Crippen molar-refractivity contribution in [2.75, 3.05) is 41.3 Å². The van der Waals surface area contributed by atoms with Crippen molar-refractivity contribution in [3.63, 3.8) is 0 Å². The van der Waals surface area contributed by atoms with Gasteiger partial charge in [-0.1, -0.05) is 12.1 Å². The second-order valence-electron chi connectivity index (χ2n) is 5.07. The van der Waals surface area contributed by atoms with E-state index in [1.807, 2.05) is 0 Å². The molecule has 0 aliphatic carbocycles. The molecule has 1 rings (SSSR count). The van der Waals surface area contributed by atoms with Gasteiger partial charge in [-0.05, 0) is 58.2 Å². The highest BCUT2D eigenvalue weighted by atomic mass is 32.1. The predicted octanol–water partition coefficient (Wildman–Crippen LogP) is 2.18. The van der Waals surface area contributed by atoms with Gasteiger partial charge >= 0.3 is 0 Å². The minimum Gasteiger partial charge on any atom is -0.309 e. The van der Waals surface area contributed by atoms with Crippen LogP contribution in [0.3, 0.4) is 0 Å².